The molecule has 0 saturated carbocycles. The number of imide groups is 1. The van der Waals surface area contributed by atoms with Crippen molar-refractivity contribution in [1.82, 2.24) is 14.7 Å². The van der Waals surface area contributed by atoms with Gasteiger partial charge in [-0.3, -0.25) is 14.5 Å². The molecule has 1 aliphatic heterocycles. The highest BCUT2D eigenvalue weighted by atomic mass is 79.9. The van der Waals surface area contributed by atoms with Gasteiger partial charge in [0.05, 0.1) is 0 Å². The summed E-state index contributed by atoms with van der Waals surface area (Å²) >= 11 is 3.38. The van der Waals surface area contributed by atoms with Crippen molar-refractivity contribution in [2.24, 2.45) is 0 Å². The lowest BCUT2D eigenvalue weighted by Gasteiger charge is -2.18. The van der Waals surface area contributed by atoms with Crippen molar-refractivity contribution in [1.29, 1.82) is 0 Å². The lowest BCUT2D eigenvalue weighted by molar-refractivity contribution is -0.131. The summed E-state index contributed by atoms with van der Waals surface area (Å²) in [6.45, 7) is 0.951. The Kier molecular flexibility index (Phi) is 5.76. The molecule has 0 bridgehead atoms. The van der Waals surface area contributed by atoms with Crippen LogP contribution < -0.4 is 0 Å². The first-order valence-electron chi connectivity index (χ1n) is 7.42. The van der Waals surface area contributed by atoms with Crippen LogP contribution in [0.5, 0.6) is 0 Å². The molecule has 2 rings (SSSR count). The average molecular weight is 382 g/mol. The Hall–Kier alpha value is -1.89. The van der Waals surface area contributed by atoms with Crippen LogP contribution in [0.1, 0.15) is 18.4 Å². The number of halogens is 1. The maximum atomic E-state index is 12.1. The van der Waals surface area contributed by atoms with E-state index in [0.29, 0.717) is 25.9 Å². The molecule has 0 N–H and O–H groups in total. The molecular formula is C16H20BrN3O3. The van der Waals surface area contributed by atoms with Gasteiger partial charge in [-0.25, -0.2) is 4.79 Å². The molecule has 1 saturated heterocycles. The van der Waals surface area contributed by atoms with Gasteiger partial charge >= 0.3 is 6.03 Å². The molecule has 4 amide bonds. The van der Waals surface area contributed by atoms with Crippen molar-refractivity contribution in [2.75, 3.05) is 27.2 Å². The zero-order valence-corrected chi connectivity index (χ0v) is 14.9. The molecule has 6 nitrogen and oxygen atoms in total. The van der Waals surface area contributed by atoms with E-state index in [2.05, 4.69) is 15.9 Å². The van der Waals surface area contributed by atoms with Crippen molar-refractivity contribution >= 4 is 33.8 Å². The lowest BCUT2D eigenvalue weighted by atomic mass is 10.2. The van der Waals surface area contributed by atoms with Crippen molar-refractivity contribution in [3.05, 3.63) is 34.3 Å². The van der Waals surface area contributed by atoms with E-state index in [-0.39, 0.29) is 24.4 Å². The number of carbonyl (C=O) groups excluding carboxylic acids is 3. The highest BCUT2D eigenvalue weighted by Crippen LogP contribution is 2.13. The SMILES string of the molecule is CN(Cc1ccc(Br)cc1)C(=O)CCCN1C(=O)CN(C)C1=O. The molecule has 0 radical (unpaired) electrons. The minimum Gasteiger partial charge on any atom is -0.341 e. The summed E-state index contributed by atoms with van der Waals surface area (Å²) in [5, 5.41) is 0. The van der Waals surface area contributed by atoms with Crippen LogP contribution >= 0.6 is 15.9 Å². The zero-order valence-electron chi connectivity index (χ0n) is 13.3. The Morgan fingerprint density at radius 3 is 2.48 bits per heavy atom. The third kappa shape index (κ3) is 4.54. The normalized spacial score (nSPS) is 14.6. The minimum absolute atomic E-state index is 0.000341. The fourth-order valence-electron chi connectivity index (χ4n) is 2.42. The third-order valence-corrected chi connectivity index (χ3v) is 4.29. The number of rotatable bonds is 6. The molecule has 1 heterocycles. The number of carbonyl (C=O) groups is 3. The number of amides is 4. The Labute approximate surface area is 144 Å². The van der Waals surface area contributed by atoms with Gasteiger partial charge in [0, 0.05) is 38.1 Å². The second-order valence-corrected chi connectivity index (χ2v) is 6.58. The van der Waals surface area contributed by atoms with Crippen LogP contribution in [-0.4, -0.2) is 59.7 Å². The highest BCUT2D eigenvalue weighted by molar-refractivity contribution is 9.10. The quantitative estimate of drug-likeness (QED) is 0.708. The molecule has 0 unspecified atom stereocenters. The van der Waals surface area contributed by atoms with Gasteiger partial charge in [-0.15, -0.1) is 0 Å². The summed E-state index contributed by atoms with van der Waals surface area (Å²) in [5.41, 5.74) is 1.05. The first kappa shape index (κ1) is 17.5. The van der Waals surface area contributed by atoms with Gasteiger partial charge in [0.15, 0.2) is 0 Å². The molecule has 124 valence electrons. The third-order valence-electron chi connectivity index (χ3n) is 3.76. The Balaban J connectivity index is 1.77. The first-order valence-corrected chi connectivity index (χ1v) is 8.21. The predicted molar refractivity (Wildman–Crippen MR) is 89.6 cm³/mol. The summed E-state index contributed by atoms with van der Waals surface area (Å²) < 4.78 is 1.00. The van der Waals surface area contributed by atoms with Gasteiger partial charge in [0.1, 0.15) is 6.54 Å². The van der Waals surface area contributed by atoms with Crippen molar-refractivity contribution in [3.63, 3.8) is 0 Å². The van der Waals surface area contributed by atoms with E-state index < -0.39 is 0 Å². The van der Waals surface area contributed by atoms with Crippen LogP contribution in [0.2, 0.25) is 0 Å². The lowest BCUT2D eigenvalue weighted by Crippen LogP contribution is -2.33. The predicted octanol–water partition coefficient (Wildman–Crippen LogP) is 2.08. The number of hydrogen-bond acceptors (Lipinski definition) is 3. The number of nitrogens with zero attached hydrogens (tertiary/aromatic N) is 3. The van der Waals surface area contributed by atoms with Gasteiger partial charge in [0.25, 0.3) is 0 Å². The summed E-state index contributed by atoms with van der Waals surface area (Å²) in [7, 11) is 3.35. The van der Waals surface area contributed by atoms with E-state index in [1.54, 1.807) is 19.0 Å². The fraction of sp³-hybridized carbons (Fsp3) is 0.438. The molecule has 1 aromatic rings. The van der Waals surface area contributed by atoms with Gasteiger partial charge in [-0.05, 0) is 24.1 Å². The summed E-state index contributed by atoms with van der Waals surface area (Å²) in [6, 6.07) is 7.52. The largest absolute Gasteiger partial charge is 0.341 e. The van der Waals surface area contributed by atoms with Crippen LogP contribution in [0.15, 0.2) is 28.7 Å². The number of benzene rings is 1. The first-order chi connectivity index (χ1) is 10.9. The van der Waals surface area contributed by atoms with Gasteiger partial charge < -0.3 is 9.80 Å². The minimum atomic E-state index is -0.286. The number of likely N-dealkylation sites (N-methyl/N-ethyl adjacent to an activating group) is 1. The zero-order chi connectivity index (χ0) is 17.0. The maximum absolute atomic E-state index is 12.1. The Morgan fingerprint density at radius 2 is 1.91 bits per heavy atom. The molecule has 0 atom stereocenters. The highest BCUT2D eigenvalue weighted by Gasteiger charge is 2.32. The molecule has 1 fully saturated rings. The van der Waals surface area contributed by atoms with E-state index in [1.165, 1.54) is 9.80 Å². The van der Waals surface area contributed by atoms with Gasteiger partial charge in [-0.2, -0.15) is 0 Å². The molecule has 0 aliphatic carbocycles. The van der Waals surface area contributed by atoms with Gasteiger partial charge in [-0.1, -0.05) is 28.1 Å². The molecular weight excluding hydrogens is 362 g/mol. The van der Waals surface area contributed by atoms with E-state index >= 15 is 0 Å². The number of hydrogen-bond donors (Lipinski definition) is 0. The van der Waals surface area contributed by atoms with Crippen molar-refractivity contribution in [3.8, 4) is 0 Å². The molecule has 1 aromatic carbocycles. The monoisotopic (exact) mass is 381 g/mol. The second kappa shape index (κ2) is 7.59. The van der Waals surface area contributed by atoms with Crippen molar-refractivity contribution in [2.45, 2.75) is 19.4 Å². The van der Waals surface area contributed by atoms with Gasteiger partial charge in [0.2, 0.25) is 11.8 Å². The van der Waals surface area contributed by atoms with Crippen LogP contribution in [0.25, 0.3) is 0 Å². The van der Waals surface area contributed by atoms with Crippen LogP contribution in [0, 0.1) is 0 Å². The van der Waals surface area contributed by atoms with Crippen LogP contribution in [0.4, 0.5) is 4.79 Å². The van der Waals surface area contributed by atoms with E-state index in [0.717, 1.165) is 10.0 Å². The molecule has 1 aliphatic rings. The van der Waals surface area contributed by atoms with E-state index in [9.17, 15) is 14.4 Å². The van der Waals surface area contributed by atoms with E-state index in [4.69, 9.17) is 0 Å². The summed E-state index contributed by atoms with van der Waals surface area (Å²) in [4.78, 5) is 39.7. The average Bonchev–Trinajstić information content (AvgIpc) is 2.75. The molecule has 0 spiro atoms. The molecule has 23 heavy (non-hydrogen) atoms. The maximum Gasteiger partial charge on any atom is 0.326 e. The fourth-order valence-corrected chi connectivity index (χ4v) is 2.68. The topological polar surface area (TPSA) is 60.9 Å². The Bertz CT molecular complexity index is 603. The molecule has 0 aromatic heterocycles. The standard InChI is InChI=1S/C16H20BrN3O3/c1-18(10-12-5-7-13(17)8-6-12)14(21)4-3-9-20-15(22)11-19(2)16(20)23/h5-8H,3-4,9-11H2,1-2H3. The summed E-state index contributed by atoms with van der Waals surface area (Å²) in [6.07, 6.45) is 0.794. The van der Waals surface area contributed by atoms with E-state index in [1.807, 2.05) is 24.3 Å². The molecule has 7 heteroatoms. The second-order valence-electron chi connectivity index (χ2n) is 5.66. The van der Waals surface area contributed by atoms with Crippen LogP contribution in [0.3, 0.4) is 0 Å². The Morgan fingerprint density at radius 1 is 1.26 bits per heavy atom. The smallest absolute Gasteiger partial charge is 0.326 e. The number of urea groups is 1. The summed E-state index contributed by atoms with van der Waals surface area (Å²) in [5.74, 6) is -0.200. The van der Waals surface area contributed by atoms with Crippen LogP contribution in [-0.2, 0) is 16.1 Å². The van der Waals surface area contributed by atoms with Crippen molar-refractivity contribution < 1.29 is 14.4 Å².